The third-order valence-electron chi connectivity index (χ3n) is 7.35. The number of benzene rings is 6. The summed E-state index contributed by atoms with van der Waals surface area (Å²) in [5, 5.41) is 8.58. The van der Waals surface area contributed by atoms with Gasteiger partial charge in [0.15, 0.2) is 0 Å². The molecule has 6 aromatic carbocycles. The second kappa shape index (κ2) is 17.0. The Kier molecular flexibility index (Phi) is 12.3. The SMILES string of the molecule is CC.CCCc1cccc(C#N)c1.Cc1ccc(-c2ccc(N(c3ccccc3)c3ccc(-c4ccccc4)cc3)cc2)cc1. The molecule has 0 atom stereocenters. The lowest BCUT2D eigenvalue weighted by atomic mass is 10.0. The van der Waals surface area contributed by atoms with E-state index in [1.54, 1.807) is 0 Å². The Morgan fingerprint density at radius 3 is 1.44 bits per heavy atom. The van der Waals surface area contributed by atoms with E-state index in [9.17, 15) is 0 Å². The molecule has 0 aliphatic rings. The lowest BCUT2D eigenvalue weighted by Crippen LogP contribution is -2.09. The first-order valence-corrected chi connectivity index (χ1v) is 15.8. The van der Waals surface area contributed by atoms with Gasteiger partial charge in [-0.05, 0) is 89.7 Å². The molecule has 0 unspecified atom stereocenters. The van der Waals surface area contributed by atoms with E-state index in [-0.39, 0.29) is 0 Å². The molecule has 0 saturated carbocycles. The maximum atomic E-state index is 8.58. The van der Waals surface area contributed by atoms with E-state index in [0.717, 1.165) is 35.5 Å². The first kappa shape index (κ1) is 32.5. The maximum Gasteiger partial charge on any atom is 0.0991 e. The minimum atomic E-state index is 0.760. The molecule has 45 heavy (non-hydrogen) atoms. The van der Waals surface area contributed by atoms with Crippen LogP contribution in [0.2, 0.25) is 0 Å². The summed E-state index contributed by atoms with van der Waals surface area (Å²) in [4.78, 5) is 2.30. The summed E-state index contributed by atoms with van der Waals surface area (Å²) in [5.74, 6) is 0. The second-order valence-electron chi connectivity index (χ2n) is 10.6. The number of hydrogen-bond donors (Lipinski definition) is 0. The monoisotopic (exact) mass is 586 g/mol. The van der Waals surface area contributed by atoms with Crippen molar-refractivity contribution in [1.29, 1.82) is 5.26 Å². The number of anilines is 3. The van der Waals surface area contributed by atoms with Crippen molar-refractivity contribution < 1.29 is 0 Å². The highest BCUT2D eigenvalue weighted by atomic mass is 15.1. The van der Waals surface area contributed by atoms with E-state index in [1.165, 1.54) is 33.4 Å². The van der Waals surface area contributed by atoms with E-state index < -0.39 is 0 Å². The topological polar surface area (TPSA) is 27.0 Å². The highest BCUT2D eigenvalue weighted by molar-refractivity contribution is 5.79. The first-order valence-electron chi connectivity index (χ1n) is 15.8. The zero-order valence-electron chi connectivity index (χ0n) is 26.8. The molecule has 0 heterocycles. The summed E-state index contributed by atoms with van der Waals surface area (Å²) < 4.78 is 0. The summed E-state index contributed by atoms with van der Waals surface area (Å²) in [6.45, 7) is 8.26. The van der Waals surface area contributed by atoms with Crippen LogP contribution in [-0.4, -0.2) is 0 Å². The summed E-state index contributed by atoms with van der Waals surface area (Å²) >= 11 is 0. The molecule has 2 heteroatoms. The zero-order valence-corrected chi connectivity index (χ0v) is 26.8. The van der Waals surface area contributed by atoms with Crippen molar-refractivity contribution in [2.24, 2.45) is 0 Å². The van der Waals surface area contributed by atoms with Gasteiger partial charge in [0.2, 0.25) is 0 Å². The largest absolute Gasteiger partial charge is 0.311 e. The molecule has 0 aliphatic carbocycles. The van der Waals surface area contributed by atoms with Crippen molar-refractivity contribution in [3.63, 3.8) is 0 Å². The molecule has 224 valence electrons. The molecule has 0 spiro atoms. The molecule has 0 bridgehead atoms. The van der Waals surface area contributed by atoms with Crippen molar-refractivity contribution in [3.8, 4) is 28.3 Å². The van der Waals surface area contributed by atoms with Crippen LogP contribution in [0.4, 0.5) is 17.1 Å². The molecule has 2 nitrogen and oxygen atoms in total. The van der Waals surface area contributed by atoms with Crippen LogP contribution in [0.3, 0.4) is 0 Å². The fourth-order valence-electron chi connectivity index (χ4n) is 5.09. The van der Waals surface area contributed by atoms with Crippen LogP contribution in [-0.2, 0) is 6.42 Å². The summed E-state index contributed by atoms with van der Waals surface area (Å²) in [6.07, 6.45) is 2.20. The van der Waals surface area contributed by atoms with E-state index in [2.05, 4.69) is 164 Å². The Balaban J connectivity index is 0.000000299. The molecule has 6 rings (SSSR count). The van der Waals surface area contributed by atoms with Crippen LogP contribution in [0.15, 0.2) is 158 Å². The van der Waals surface area contributed by atoms with Crippen LogP contribution < -0.4 is 4.90 Å². The Bertz CT molecular complexity index is 1750. The molecular weight excluding hydrogens is 544 g/mol. The summed E-state index contributed by atoms with van der Waals surface area (Å²) in [6, 6.07) is 57.2. The lowest BCUT2D eigenvalue weighted by Gasteiger charge is -2.26. The van der Waals surface area contributed by atoms with Crippen LogP contribution in [0.1, 0.15) is 43.9 Å². The number of para-hydroxylation sites is 1. The Labute approximate surface area is 269 Å². The van der Waals surface area contributed by atoms with Gasteiger partial charge in [-0.1, -0.05) is 142 Å². The minimum absolute atomic E-state index is 0.760. The number of nitrogens with zero attached hydrogens (tertiary/aromatic N) is 2. The average Bonchev–Trinajstić information content (AvgIpc) is 3.12. The van der Waals surface area contributed by atoms with Crippen LogP contribution in [0, 0.1) is 18.3 Å². The van der Waals surface area contributed by atoms with E-state index in [0.29, 0.717) is 0 Å². The van der Waals surface area contributed by atoms with Crippen LogP contribution in [0.5, 0.6) is 0 Å². The lowest BCUT2D eigenvalue weighted by molar-refractivity contribution is 0.921. The van der Waals surface area contributed by atoms with Gasteiger partial charge >= 0.3 is 0 Å². The van der Waals surface area contributed by atoms with Gasteiger partial charge in [0.25, 0.3) is 0 Å². The van der Waals surface area contributed by atoms with Gasteiger partial charge in [-0.2, -0.15) is 5.26 Å². The number of rotatable bonds is 7. The van der Waals surface area contributed by atoms with E-state index in [1.807, 2.05) is 32.0 Å². The van der Waals surface area contributed by atoms with E-state index in [4.69, 9.17) is 5.26 Å². The zero-order chi connectivity index (χ0) is 31.9. The predicted octanol–water partition coefficient (Wildman–Crippen LogP) is 12.3. The highest BCUT2D eigenvalue weighted by Gasteiger charge is 2.12. The quantitative estimate of drug-likeness (QED) is 0.186. The van der Waals surface area contributed by atoms with E-state index >= 15 is 0 Å². The second-order valence-corrected chi connectivity index (χ2v) is 10.6. The van der Waals surface area contributed by atoms with Crippen molar-refractivity contribution >= 4 is 17.1 Å². The molecule has 6 aromatic rings. The standard InChI is InChI=1S/C31H25N.C10H11N.C2H6/c1-24-12-14-26(15-13-24)28-18-22-31(23-19-28)32(29-10-6-3-7-11-29)30-20-16-27(17-21-30)25-8-4-2-5-9-25;1-2-4-9-5-3-6-10(7-9)8-11;1-2/h2-23H,1H3;3,5-7H,2,4H2,1H3;1-2H3. The molecule has 0 fully saturated rings. The average molecular weight is 587 g/mol. The van der Waals surface area contributed by atoms with Crippen molar-refractivity contribution in [1.82, 2.24) is 0 Å². The smallest absolute Gasteiger partial charge is 0.0991 e. The van der Waals surface area contributed by atoms with Crippen molar-refractivity contribution in [2.45, 2.75) is 40.5 Å². The molecule has 0 aromatic heterocycles. The third kappa shape index (κ3) is 9.05. The normalized spacial score (nSPS) is 9.93. The molecule has 0 amide bonds. The summed E-state index contributed by atoms with van der Waals surface area (Å²) in [5.41, 5.74) is 11.6. The third-order valence-corrected chi connectivity index (χ3v) is 7.35. The van der Waals surface area contributed by atoms with Gasteiger partial charge in [-0.3, -0.25) is 0 Å². The van der Waals surface area contributed by atoms with Gasteiger partial charge in [0.1, 0.15) is 0 Å². The number of nitriles is 1. The maximum absolute atomic E-state index is 8.58. The molecular formula is C43H42N2. The first-order chi connectivity index (χ1) is 22.1. The fraction of sp³-hybridized carbons (Fsp3) is 0.140. The number of hydrogen-bond acceptors (Lipinski definition) is 2. The fourth-order valence-corrected chi connectivity index (χ4v) is 5.09. The van der Waals surface area contributed by atoms with Gasteiger partial charge < -0.3 is 4.90 Å². The Hall–Kier alpha value is -5.39. The van der Waals surface area contributed by atoms with Crippen LogP contribution >= 0.6 is 0 Å². The molecule has 0 saturated heterocycles. The molecule has 0 radical (unpaired) electrons. The van der Waals surface area contributed by atoms with Crippen molar-refractivity contribution in [3.05, 3.63) is 174 Å². The minimum Gasteiger partial charge on any atom is -0.311 e. The molecule has 0 N–H and O–H groups in total. The van der Waals surface area contributed by atoms with Crippen molar-refractivity contribution in [2.75, 3.05) is 4.90 Å². The Morgan fingerprint density at radius 2 is 0.956 bits per heavy atom. The summed E-state index contributed by atoms with van der Waals surface area (Å²) in [7, 11) is 0. The number of aryl methyl sites for hydroxylation is 2. The van der Waals surface area contributed by atoms with Gasteiger partial charge in [0, 0.05) is 17.1 Å². The van der Waals surface area contributed by atoms with Gasteiger partial charge in [0.05, 0.1) is 11.6 Å². The molecule has 0 aliphatic heterocycles. The predicted molar refractivity (Wildman–Crippen MR) is 193 cm³/mol. The van der Waals surface area contributed by atoms with Gasteiger partial charge in [-0.15, -0.1) is 0 Å². The van der Waals surface area contributed by atoms with Crippen LogP contribution in [0.25, 0.3) is 22.3 Å². The highest BCUT2D eigenvalue weighted by Crippen LogP contribution is 2.36. The van der Waals surface area contributed by atoms with Gasteiger partial charge in [-0.25, -0.2) is 0 Å². The Morgan fingerprint density at radius 1 is 0.511 bits per heavy atom.